The topological polar surface area (TPSA) is 66.9 Å². The summed E-state index contributed by atoms with van der Waals surface area (Å²) in [4.78, 5) is 22.1. The fraction of sp³-hybridized carbons (Fsp3) is 0. The molecule has 0 aliphatic heterocycles. The third kappa shape index (κ3) is 4.78. The van der Waals surface area contributed by atoms with Crippen LogP contribution in [0.2, 0.25) is 5.02 Å². The number of anilines is 3. The summed E-state index contributed by atoms with van der Waals surface area (Å²) >= 11 is 9.68. The van der Waals surface area contributed by atoms with Gasteiger partial charge in [0.05, 0.1) is 21.9 Å². The first-order chi connectivity index (χ1) is 16.6. The second-order valence-electron chi connectivity index (χ2n) is 7.56. The maximum Gasteiger partial charge on any atom is 0.255 e. The number of amides is 1. The van der Waals surface area contributed by atoms with Crippen molar-refractivity contribution in [3.8, 4) is 11.3 Å². The standard InChI is InChI=1S/C27H18BrClN4O/c28-19-12-15-23-21(16-19)25(17-6-2-1-3-7-17)33-27(32-23)30-20-13-10-18(11-14-20)26(34)31-24-9-5-4-8-22(24)29/h1-16H,(H,31,34)(H,30,32,33). The van der Waals surface area contributed by atoms with Crippen molar-refractivity contribution in [2.45, 2.75) is 0 Å². The molecule has 5 nitrogen and oxygen atoms in total. The molecule has 1 aromatic heterocycles. The van der Waals surface area contributed by atoms with Crippen molar-refractivity contribution in [2.24, 2.45) is 0 Å². The van der Waals surface area contributed by atoms with E-state index in [0.717, 1.165) is 32.3 Å². The molecule has 0 spiro atoms. The lowest BCUT2D eigenvalue weighted by Crippen LogP contribution is -2.12. The highest BCUT2D eigenvalue weighted by Gasteiger charge is 2.12. The van der Waals surface area contributed by atoms with Crippen molar-refractivity contribution in [3.63, 3.8) is 0 Å². The molecule has 5 rings (SSSR count). The normalized spacial score (nSPS) is 10.8. The van der Waals surface area contributed by atoms with Gasteiger partial charge < -0.3 is 10.6 Å². The van der Waals surface area contributed by atoms with Crippen LogP contribution in [-0.2, 0) is 0 Å². The average Bonchev–Trinajstić information content (AvgIpc) is 2.86. The van der Waals surface area contributed by atoms with Crippen molar-refractivity contribution in [1.82, 2.24) is 9.97 Å². The van der Waals surface area contributed by atoms with Crippen LogP contribution in [0.15, 0.2) is 102 Å². The van der Waals surface area contributed by atoms with E-state index in [1.54, 1.807) is 24.3 Å². The molecule has 0 saturated heterocycles. The molecule has 0 radical (unpaired) electrons. The molecule has 1 heterocycles. The van der Waals surface area contributed by atoms with Crippen LogP contribution in [0.3, 0.4) is 0 Å². The maximum atomic E-state index is 12.6. The van der Waals surface area contributed by atoms with Gasteiger partial charge in [0.2, 0.25) is 5.95 Å². The molecule has 7 heteroatoms. The number of carbonyl (C=O) groups excluding carboxylic acids is 1. The molecule has 4 aromatic carbocycles. The third-order valence-electron chi connectivity index (χ3n) is 5.23. The second kappa shape index (κ2) is 9.63. The molecule has 1 amide bonds. The molecular formula is C27H18BrClN4O. The van der Waals surface area contributed by atoms with E-state index in [-0.39, 0.29) is 5.91 Å². The van der Waals surface area contributed by atoms with Crippen molar-refractivity contribution < 1.29 is 4.79 Å². The van der Waals surface area contributed by atoms with E-state index in [9.17, 15) is 4.79 Å². The number of fused-ring (bicyclic) bond motifs is 1. The second-order valence-corrected chi connectivity index (χ2v) is 8.88. The minimum atomic E-state index is -0.237. The van der Waals surface area contributed by atoms with Gasteiger partial charge in [0, 0.05) is 26.7 Å². The summed E-state index contributed by atoms with van der Waals surface area (Å²) in [5.74, 6) is 0.237. The first-order valence-electron chi connectivity index (χ1n) is 10.5. The van der Waals surface area contributed by atoms with Gasteiger partial charge in [-0.25, -0.2) is 9.97 Å². The minimum Gasteiger partial charge on any atom is -0.324 e. The van der Waals surface area contributed by atoms with Gasteiger partial charge in [0.1, 0.15) is 0 Å². The van der Waals surface area contributed by atoms with Crippen LogP contribution in [0.5, 0.6) is 0 Å². The molecule has 0 atom stereocenters. The Hall–Kier alpha value is -3.74. The monoisotopic (exact) mass is 528 g/mol. The molecule has 0 aliphatic carbocycles. The van der Waals surface area contributed by atoms with Crippen LogP contribution < -0.4 is 10.6 Å². The highest BCUT2D eigenvalue weighted by molar-refractivity contribution is 9.10. The number of rotatable bonds is 5. The van der Waals surface area contributed by atoms with Crippen molar-refractivity contribution in [2.75, 3.05) is 10.6 Å². The van der Waals surface area contributed by atoms with Crippen LogP contribution >= 0.6 is 27.5 Å². The fourth-order valence-electron chi connectivity index (χ4n) is 3.56. The van der Waals surface area contributed by atoms with Crippen LogP contribution in [0.1, 0.15) is 10.4 Å². The SMILES string of the molecule is O=C(Nc1ccccc1Cl)c1ccc(Nc2nc(-c3ccccc3)c3cc(Br)ccc3n2)cc1. The molecule has 0 aliphatic rings. The van der Waals surface area contributed by atoms with Crippen molar-refractivity contribution in [3.05, 3.63) is 112 Å². The Bertz CT molecular complexity index is 1490. The summed E-state index contributed by atoms with van der Waals surface area (Å²) in [6, 6.07) is 30.2. The Kier molecular flexibility index (Phi) is 6.25. The highest BCUT2D eigenvalue weighted by atomic mass is 79.9. The Morgan fingerprint density at radius 2 is 1.56 bits per heavy atom. The fourth-order valence-corrected chi connectivity index (χ4v) is 4.11. The van der Waals surface area contributed by atoms with Gasteiger partial charge in [-0.2, -0.15) is 0 Å². The van der Waals surface area contributed by atoms with E-state index in [0.29, 0.717) is 22.2 Å². The van der Waals surface area contributed by atoms with Crippen molar-refractivity contribution >= 4 is 61.7 Å². The van der Waals surface area contributed by atoms with E-state index >= 15 is 0 Å². The molecule has 34 heavy (non-hydrogen) atoms. The van der Waals surface area contributed by atoms with Gasteiger partial charge in [-0.1, -0.05) is 70.0 Å². The lowest BCUT2D eigenvalue weighted by Gasteiger charge is -2.11. The van der Waals surface area contributed by atoms with E-state index in [1.807, 2.05) is 72.8 Å². The third-order valence-corrected chi connectivity index (χ3v) is 6.05. The van der Waals surface area contributed by atoms with E-state index in [2.05, 4.69) is 31.5 Å². The summed E-state index contributed by atoms with van der Waals surface area (Å²) in [6.07, 6.45) is 0. The van der Waals surface area contributed by atoms with E-state index < -0.39 is 0 Å². The van der Waals surface area contributed by atoms with Gasteiger partial charge in [-0.15, -0.1) is 0 Å². The Morgan fingerprint density at radius 1 is 0.824 bits per heavy atom. The lowest BCUT2D eigenvalue weighted by atomic mass is 10.1. The van der Waals surface area contributed by atoms with Gasteiger partial charge in [-0.05, 0) is 54.6 Å². The minimum absolute atomic E-state index is 0.237. The summed E-state index contributed by atoms with van der Waals surface area (Å²) < 4.78 is 0.965. The van der Waals surface area contributed by atoms with Crippen LogP contribution in [-0.4, -0.2) is 15.9 Å². The first kappa shape index (κ1) is 22.1. The predicted molar refractivity (Wildman–Crippen MR) is 142 cm³/mol. The molecule has 0 saturated carbocycles. The van der Waals surface area contributed by atoms with Gasteiger partial charge in [0.15, 0.2) is 0 Å². The number of para-hydroxylation sites is 1. The molecule has 166 valence electrons. The first-order valence-corrected chi connectivity index (χ1v) is 11.7. The number of carbonyl (C=O) groups is 1. The van der Waals surface area contributed by atoms with Crippen LogP contribution in [0, 0.1) is 0 Å². The Labute approximate surface area is 210 Å². The quantitative estimate of drug-likeness (QED) is 0.245. The number of nitrogens with zero attached hydrogens (tertiary/aromatic N) is 2. The average molecular weight is 530 g/mol. The zero-order valence-corrected chi connectivity index (χ0v) is 20.1. The molecule has 2 N–H and O–H groups in total. The smallest absolute Gasteiger partial charge is 0.255 e. The van der Waals surface area contributed by atoms with Crippen LogP contribution in [0.25, 0.3) is 22.2 Å². The summed E-state index contributed by atoms with van der Waals surface area (Å²) in [7, 11) is 0. The van der Waals surface area contributed by atoms with Gasteiger partial charge >= 0.3 is 0 Å². The molecule has 0 bridgehead atoms. The largest absolute Gasteiger partial charge is 0.324 e. The zero-order valence-electron chi connectivity index (χ0n) is 17.8. The molecular weight excluding hydrogens is 512 g/mol. The number of nitrogens with one attached hydrogen (secondary N) is 2. The van der Waals surface area contributed by atoms with Crippen LogP contribution in [0.4, 0.5) is 17.3 Å². The number of hydrogen-bond donors (Lipinski definition) is 2. The molecule has 0 unspecified atom stereocenters. The number of halogens is 2. The number of hydrogen-bond acceptors (Lipinski definition) is 4. The van der Waals surface area contributed by atoms with Gasteiger partial charge in [-0.3, -0.25) is 4.79 Å². The maximum absolute atomic E-state index is 12.6. The molecule has 5 aromatic rings. The Morgan fingerprint density at radius 3 is 2.32 bits per heavy atom. The predicted octanol–water partition coefficient (Wildman–Crippen LogP) is 7.71. The van der Waals surface area contributed by atoms with Gasteiger partial charge in [0.25, 0.3) is 5.91 Å². The summed E-state index contributed by atoms with van der Waals surface area (Å²) in [5, 5.41) is 7.53. The van der Waals surface area contributed by atoms with E-state index in [4.69, 9.17) is 16.6 Å². The summed E-state index contributed by atoms with van der Waals surface area (Å²) in [5.41, 5.74) is 4.52. The highest BCUT2D eigenvalue weighted by Crippen LogP contribution is 2.30. The Balaban J connectivity index is 1.42. The van der Waals surface area contributed by atoms with E-state index in [1.165, 1.54) is 0 Å². The lowest BCUT2D eigenvalue weighted by molar-refractivity contribution is 0.102. The number of aromatic nitrogens is 2. The summed E-state index contributed by atoms with van der Waals surface area (Å²) in [6.45, 7) is 0. The van der Waals surface area contributed by atoms with Crippen molar-refractivity contribution in [1.29, 1.82) is 0 Å². The zero-order chi connectivity index (χ0) is 23.5. The number of benzene rings is 4. The molecule has 0 fully saturated rings.